The lowest BCUT2D eigenvalue weighted by molar-refractivity contribution is 0.103. The average molecular weight is 410 g/mol. The second-order valence-electron chi connectivity index (χ2n) is 6.98. The van der Waals surface area contributed by atoms with Crippen molar-refractivity contribution in [1.82, 2.24) is 0 Å². The van der Waals surface area contributed by atoms with Crippen molar-refractivity contribution >= 4 is 34.6 Å². The van der Waals surface area contributed by atoms with Gasteiger partial charge in [0, 0.05) is 32.7 Å². The number of para-hydroxylation sites is 1. The minimum absolute atomic E-state index is 0.0267. The molecular formula is C26H19NO2S. The number of fused-ring (bicyclic) bond motifs is 2. The fraction of sp³-hybridized carbons (Fsp3) is 0.0385. The molecule has 4 aromatic carbocycles. The highest BCUT2D eigenvalue weighted by Gasteiger charge is 2.25. The van der Waals surface area contributed by atoms with E-state index in [4.69, 9.17) is 4.74 Å². The SMILES string of the molecule is COc1ccc2c(c1)N(c1ccc(C(=O)c3ccccc3)cc1)c1ccccc1S2. The summed E-state index contributed by atoms with van der Waals surface area (Å²) in [5.74, 6) is 0.841. The van der Waals surface area contributed by atoms with Crippen LogP contribution in [0.4, 0.5) is 17.1 Å². The third-order valence-corrected chi connectivity index (χ3v) is 6.29. The first-order valence-corrected chi connectivity index (χ1v) is 10.5. The Kier molecular flexibility index (Phi) is 4.77. The summed E-state index contributed by atoms with van der Waals surface area (Å²) in [4.78, 5) is 17.4. The van der Waals surface area contributed by atoms with Crippen molar-refractivity contribution in [1.29, 1.82) is 0 Å². The summed E-state index contributed by atoms with van der Waals surface area (Å²) in [6, 6.07) is 31.7. The average Bonchev–Trinajstić information content (AvgIpc) is 2.82. The molecule has 0 radical (unpaired) electrons. The van der Waals surface area contributed by atoms with Crippen molar-refractivity contribution in [3.05, 3.63) is 108 Å². The number of ether oxygens (including phenoxy) is 1. The quantitative estimate of drug-likeness (QED) is 0.303. The summed E-state index contributed by atoms with van der Waals surface area (Å²) in [6.07, 6.45) is 0. The normalized spacial score (nSPS) is 12.1. The fourth-order valence-electron chi connectivity index (χ4n) is 3.66. The van der Waals surface area contributed by atoms with E-state index < -0.39 is 0 Å². The van der Waals surface area contributed by atoms with Crippen LogP contribution < -0.4 is 9.64 Å². The molecule has 0 unspecified atom stereocenters. The predicted octanol–water partition coefficient (Wildman–Crippen LogP) is 6.86. The van der Waals surface area contributed by atoms with Crippen LogP contribution in [-0.4, -0.2) is 12.9 Å². The van der Waals surface area contributed by atoms with Gasteiger partial charge in [0.1, 0.15) is 5.75 Å². The Labute approximate surface area is 179 Å². The lowest BCUT2D eigenvalue weighted by Gasteiger charge is -2.33. The van der Waals surface area contributed by atoms with Gasteiger partial charge in [-0.3, -0.25) is 4.79 Å². The molecule has 1 aliphatic rings. The molecule has 0 N–H and O–H groups in total. The van der Waals surface area contributed by atoms with Gasteiger partial charge < -0.3 is 9.64 Å². The number of anilines is 3. The van der Waals surface area contributed by atoms with Gasteiger partial charge in [0.15, 0.2) is 5.78 Å². The highest BCUT2D eigenvalue weighted by molar-refractivity contribution is 7.99. The summed E-state index contributed by atoms with van der Waals surface area (Å²) in [5.41, 5.74) is 4.56. The third-order valence-electron chi connectivity index (χ3n) is 5.16. The zero-order chi connectivity index (χ0) is 20.5. The lowest BCUT2D eigenvalue weighted by atomic mass is 10.0. The van der Waals surface area contributed by atoms with E-state index >= 15 is 0 Å². The minimum Gasteiger partial charge on any atom is -0.497 e. The Morgan fingerprint density at radius 3 is 2.17 bits per heavy atom. The Morgan fingerprint density at radius 2 is 1.40 bits per heavy atom. The van der Waals surface area contributed by atoms with E-state index in [-0.39, 0.29) is 5.78 Å². The van der Waals surface area contributed by atoms with Crippen LogP contribution in [0, 0.1) is 0 Å². The van der Waals surface area contributed by atoms with Crippen LogP contribution in [0.15, 0.2) is 107 Å². The number of ketones is 1. The van der Waals surface area contributed by atoms with Gasteiger partial charge in [-0.2, -0.15) is 0 Å². The van der Waals surface area contributed by atoms with Gasteiger partial charge in [-0.15, -0.1) is 0 Å². The highest BCUT2D eigenvalue weighted by Crippen LogP contribution is 2.52. The van der Waals surface area contributed by atoms with Crippen molar-refractivity contribution in [2.45, 2.75) is 9.79 Å². The molecule has 0 bridgehead atoms. The van der Waals surface area contributed by atoms with E-state index in [1.807, 2.05) is 66.7 Å². The van der Waals surface area contributed by atoms with Crippen LogP contribution in [0.3, 0.4) is 0 Å². The van der Waals surface area contributed by atoms with Crippen molar-refractivity contribution in [2.24, 2.45) is 0 Å². The van der Waals surface area contributed by atoms with Crippen molar-refractivity contribution < 1.29 is 9.53 Å². The summed E-state index contributed by atoms with van der Waals surface area (Å²) in [7, 11) is 1.68. The second-order valence-corrected chi connectivity index (χ2v) is 8.06. The number of carbonyl (C=O) groups is 1. The van der Waals surface area contributed by atoms with Gasteiger partial charge in [0.05, 0.1) is 18.5 Å². The first-order valence-electron chi connectivity index (χ1n) is 9.69. The lowest BCUT2D eigenvalue weighted by Crippen LogP contribution is -2.15. The van der Waals surface area contributed by atoms with Crippen LogP contribution in [0.1, 0.15) is 15.9 Å². The Morgan fingerprint density at radius 1 is 0.733 bits per heavy atom. The number of methoxy groups -OCH3 is 1. The zero-order valence-corrected chi connectivity index (χ0v) is 17.2. The van der Waals surface area contributed by atoms with Gasteiger partial charge in [-0.25, -0.2) is 0 Å². The van der Waals surface area contributed by atoms with Crippen molar-refractivity contribution in [3.8, 4) is 5.75 Å². The Hall–Kier alpha value is -3.50. The van der Waals surface area contributed by atoms with Crippen molar-refractivity contribution in [3.63, 3.8) is 0 Å². The number of carbonyl (C=O) groups excluding carboxylic acids is 1. The highest BCUT2D eigenvalue weighted by atomic mass is 32.2. The van der Waals surface area contributed by atoms with E-state index in [2.05, 4.69) is 35.2 Å². The van der Waals surface area contributed by atoms with E-state index in [1.165, 1.54) is 9.79 Å². The Balaban J connectivity index is 1.58. The zero-order valence-electron chi connectivity index (χ0n) is 16.4. The standard InChI is InChI=1S/C26H19NO2S/c1-29-21-15-16-25-23(17-21)27(22-9-5-6-10-24(22)30-25)20-13-11-19(12-14-20)26(28)18-7-3-2-4-8-18/h2-17H,1H3. The molecule has 0 fully saturated rings. The maximum atomic E-state index is 12.8. The molecule has 0 aliphatic carbocycles. The summed E-state index contributed by atoms with van der Waals surface area (Å²) < 4.78 is 5.47. The fourth-order valence-corrected chi connectivity index (χ4v) is 4.70. The van der Waals surface area contributed by atoms with Crippen LogP contribution in [0.25, 0.3) is 0 Å². The van der Waals surface area contributed by atoms with Gasteiger partial charge in [0.25, 0.3) is 0 Å². The molecule has 3 nitrogen and oxygen atoms in total. The minimum atomic E-state index is 0.0267. The maximum Gasteiger partial charge on any atom is 0.193 e. The summed E-state index contributed by atoms with van der Waals surface area (Å²) >= 11 is 1.75. The first kappa shape index (κ1) is 18.5. The number of rotatable bonds is 4. The molecule has 5 rings (SSSR count). The topological polar surface area (TPSA) is 29.5 Å². The van der Waals surface area contributed by atoms with E-state index in [9.17, 15) is 4.79 Å². The first-order chi connectivity index (χ1) is 14.7. The predicted molar refractivity (Wildman–Crippen MR) is 122 cm³/mol. The molecule has 30 heavy (non-hydrogen) atoms. The van der Waals surface area contributed by atoms with Gasteiger partial charge in [0.2, 0.25) is 0 Å². The molecule has 0 amide bonds. The van der Waals surface area contributed by atoms with Crippen LogP contribution in [0.2, 0.25) is 0 Å². The van der Waals surface area contributed by atoms with Crippen molar-refractivity contribution in [2.75, 3.05) is 12.0 Å². The molecule has 146 valence electrons. The van der Waals surface area contributed by atoms with Crippen LogP contribution >= 0.6 is 11.8 Å². The van der Waals surface area contributed by atoms with E-state index in [1.54, 1.807) is 18.9 Å². The van der Waals surface area contributed by atoms with Gasteiger partial charge in [-0.05, 0) is 48.5 Å². The molecule has 0 saturated heterocycles. The molecule has 0 spiro atoms. The molecule has 4 aromatic rings. The van der Waals surface area contributed by atoms with Gasteiger partial charge >= 0.3 is 0 Å². The van der Waals surface area contributed by atoms with Crippen LogP contribution in [0.5, 0.6) is 5.75 Å². The molecule has 4 heteroatoms. The number of hydrogen-bond donors (Lipinski definition) is 0. The molecule has 0 aromatic heterocycles. The number of benzene rings is 4. The van der Waals surface area contributed by atoms with Gasteiger partial charge in [-0.1, -0.05) is 54.2 Å². The monoisotopic (exact) mass is 409 g/mol. The maximum absolute atomic E-state index is 12.8. The molecule has 1 heterocycles. The number of hydrogen-bond acceptors (Lipinski definition) is 4. The summed E-state index contributed by atoms with van der Waals surface area (Å²) in [6.45, 7) is 0. The largest absolute Gasteiger partial charge is 0.497 e. The number of nitrogens with zero attached hydrogens (tertiary/aromatic N) is 1. The molecule has 0 atom stereocenters. The smallest absolute Gasteiger partial charge is 0.193 e. The second kappa shape index (κ2) is 7.73. The van der Waals surface area contributed by atoms with E-state index in [0.717, 1.165) is 22.8 Å². The molecule has 1 aliphatic heterocycles. The summed E-state index contributed by atoms with van der Waals surface area (Å²) in [5, 5.41) is 0. The van der Waals surface area contributed by atoms with E-state index in [0.29, 0.717) is 11.1 Å². The van der Waals surface area contributed by atoms with Crippen LogP contribution in [-0.2, 0) is 0 Å². The molecule has 0 saturated carbocycles. The third kappa shape index (κ3) is 3.25. The Bertz CT molecular complexity index is 1220. The molecular weight excluding hydrogens is 390 g/mol.